The minimum absolute atomic E-state index is 0.384. The Labute approximate surface area is 88.0 Å². The van der Waals surface area contributed by atoms with Crippen molar-refractivity contribution in [1.82, 2.24) is 10.2 Å². The van der Waals surface area contributed by atoms with Crippen molar-refractivity contribution < 1.29 is 4.52 Å². The Morgan fingerprint density at radius 3 is 2.07 bits per heavy atom. The van der Waals surface area contributed by atoms with Crippen LogP contribution in [0.4, 0.5) is 0 Å². The fraction of sp³-hybridized carbons (Fsp3) is 0.889. The molecule has 0 spiro atoms. The van der Waals surface area contributed by atoms with E-state index in [0.717, 1.165) is 0 Å². The number of rotatable bonds is 7. The predicted octanol–water partition coefficient (Wildman–Crippen LogP) is 2.14. The van der Waals surface area contributed by atoms with E-state index in [1.54, 1.807) is 0 Å². The van der Waals surface area contributed by atoms with Gasteiger partial charge in [0.05, 0.1) is 19.1 Å². The van der Waals surface area contributed by atoms with Crippen molar-refractivity contribution >= 4 is 8.45 Å². The molecule has 0 fully saturated rings. The molecule has 0 aliphatic rings. The molecule has 0 amide bonds. The highest BCUT2D eigenvalue weighted by Crippen LogP contribution is 2.28. The first-order valence-electron chi connectivity index (χ1n) is 4.88. The number of nitrogens with one attached hydrogen (secondary N) is 2. The van der Waals surface area contributed by atoms with Crippen molar-refractivity contribution in [2.24, 2.45) is 0 Å². The molecule has 0 saturated carbocycles. The summed E-state index contributed by atoms with van der Waals surface area (Å²) in [6, 6.07) is 2.83. The monoisotopic (exact) mass is 217 g/mol. The Balaban J connectivity index is 3.79. The summed E-state index contributed by atoms with van der Waals surface area (Å²) in [7, 11) is -0.802. The summed E-state index contributed by atoms with van der Waals surface area (Å²) >= 11 is 0. The molecule has 0 aromatic heterocycles. The summed E-state index contributed by atoms with van der Waals surface area (Å²) < 4.78 is 5.52. The predicted molar refractivity (Wildman–Crippen MR) is 59.6 cm³/mol. The van der Waals surface area contributed by atoms with E-state index in [2.05, 4.69) is 43.9 Å². The molecule has 0 radical (unpaired) electrons. The van der Waals surface area contributed by atoms with Crippen LogP contribution in [0.15, 0.2) is 0 Å². The van der Waals surface area contributed by atoms with E-state index in [-0.39, 0.29) is 0 Å². The van der Waals surface area contributed by atoms with E-state index in [1.807, 2.05) is 0 Å². The highest BCUT2D eigenvalue weighted by molar-refractivity contribution is 7.48. The van der Waals surface area contributed by atoms with Crippen molar-refractivity contribution in [1.29, 1.82) is 5.26 Å². The van der Waals surface area contributed by atoms with Crippen LogP contribution in [0.5, 0.6) is 0 Å². The van der Waals surface area contributed by atoms with Crippen LogP contribution in [-0.2, 0) is 4.52 Å². The normalized spacial score (nSPS) is 11.3. The maximum atomic E-state index is 8.38. The second-order valence-corrected chi connectivity index (χ2v) is 4.97. The fourth-order valence-electron chi connectivity index (χ4n) is 0.763. The van der Waals surface area contributed by atoms with E-state index < -0.39 is 8.45 Å². The molecule has 0 bridgehead atoms. The smallest absolute Gasteiger partial charge is 0.182 e. The summed E-state index contributed by atoms with van der Waals surface area (Å²) in [5.41, 5.74) is 0. The zero-order valence-electron chi connectivity index (χ0n) is 9.37. The van der Waals surface area contributed by atoms with Crippen LogP contribution < -0.4 is 10.2 Å². The van der Waals surface area contributed by atoms with Gasteiger partial charge in [0.2, 0.25) is 0 Å². The average molecular weight is 217 g/mol. The highest BCUT2D eigenvalue weighted by Gasteiger charge is 2.11. The molecular formula is C9H20N3OP. The maximum absolute atomic E-state index is 8.38. The number of nitrogens with zero attached hydrogens (tertiary/aromatic N) is 1. The molecule has 0 aliphatic heterocycles. The van der Waals surface area contributed by atoms with Crippen LogP contribution in [0, 0.1) is 11.3 Å². The summed E-state index contributed by atoms with van der Waals surface area (Å²) in [5.74, 6) is 0. The van der Waals surface area contributed by atoms with Gasteiger partial charge in [-0.05, 0) is 27.7 Å². The molecule has 2 N–H and O–H groups in total. The summed E-state index contributed by atoms with van der Waals surface area (Å²) in [6.45, 7) is 8.79. The van der Waals surface area contributed by atoms with Gasteiger partial charge < -0.3 is 4.52 Å². The van der Waals surface area contributed by atoms with Gasteiger partial charge in [0.25, 0.3) is 0 Å². The first-order chi connectivity index (χ1) is 6.56. The zero-order chi connectivity index (χ0) is 11.0. The lowest BCUT2D eigenvalue weighted by Gasteiger charge is -2.23. The molecule has 5 heteroatoms. The first-order valence-corrected chi connectivity index (χ1v) is 6.14. The molecule has 14 heavy (non-hydrogen) atoms. The Morgan fingerprint density at radius 1 is 1.21 bits per heavy atom. The zero-order valence-corrected chi connectivity index (χ0v) is 10.3. The number of nitriles is 1. The third kappa shape index (κ3) is 8.40. The molecule has 0 heterocycles. The van der Waals surface area contributed by atoms with Crippen molar-refractivity contribution in [3.05, 3.63) is 0 Å². The summed E-state index contributed by atoms with van der Waals surface area (Å²) in [5, 5.41) is 15.0. The van der Waals surface area contributed by atoms with Crippen LogP contribution in [0.25, 0.3) is 0 Å². The Hall–Kier alpha value is -0.200. The van der Waals surface area contributed by atoms with Gasteiger partial charge in [0, 0.05) is 12.1 Å². The SMILES string of the molecule is CC(C)NP(NC(C)C)OCCC#N. The van der Waals surface area contributed by atoms with Gasteiger partial charge in [-0.2, -0.15) is 5.26 Å². The van der Waals surface area contributed by atoms with Crippen molar-refractivity contribution in [3.8, 4) is 6.07 Å². The molecule has 0 unspecified atom stereocenters. The minimum atomic E-state index is -0.802. The second-order valence-electron chi connectivity index (χ2n) is 3.60. The lowest BCUT2D eigenvalue weighted by Crippen LogP contribution is -2.29. The van der Waals surface area contributed by atoms with Gasteiger partial charge in [-0.1, -0.05) is 0 Å². The number of hydrogen-bond acceptors (Lipinski definition) is 4. The van der Waals surface area contributed by atoms with E-state index in [1.165, 1.54) is 0 Å². The molecule has 82 valence electrons. The van der Waals surface area contributed by atoms with E-state index in [4.69, 9.17) is 9.79 Å². The second kappa shape index (κ2) is 8.14. The fourth-order valence-corrected chi connectivity index (χ4v) is 2.20. The van der Waals surface area contributed by atoms with Crippen LogP contribution in [0.3, 0.4) is 0 Å². The third-order valence-corrected chi connectivity index (χ3v) is 3.13. The first kappa shape index (κ1) is 13.8. The van der Waals surface area contributed by atoms with Crippen LogP contribution >= 0.6 is 8.45 Å². The maximum Gasteiger partial charge on any atom is 0.182 e. The molecule has 0 saturated heterocycles. The van der Waals surface area contributed by atoms with E-state index in [0.29, 0.717) is 25.1 Å². The lowest BCUT2D eigenvalue weighted by atomic mass is 10.4. The van der Waals surface area contributed by atoms with Crippen molar-refractivity contribution in [2.75, 3.05) is 6.61 Å². The molecule has 0 rings (SSSR count). The average Bonchev–Trinajstić information content (AvgIpc) is 2.02. The topological polar surface area (TPSA) is 57.1 Å². The van der Waals surface area contributed by atoms with Crippen molar-refractivity contribution in [3.63, 3.8) is 0 Å². The van der Waals surface area contributed by atoms with Gasteiger partial charge in [-0.25, -0.2) is 0 Å². The molecule has 0 aliphatic carbocycles. The van der Waals surface area contributed by atoms with Crippen LogP contribution in [0.1, 0.15) is 34.1 Å². The van der Waals surface area contributed by atoms with Crippen LogP contribution in [0.2, 0.25) is 0 Å². The quantitative estimate of drug-likeness (QED) is 0.506. The lowest BCUT2D eigenvalue weighted by molar-refractivity contribution is 0.344. The Morgan fingerprint density at radius 2 is 1.71 bits per heavy atom. The van der Waals surface area contributed by atoms with Gasteiger partial charge >= 0.3 is 0 Å². The Kier molecular flexibility index (Phi) is 8.02. The van der Waals surface area contributed by atoms with Gasteiger partial charge in [0.1, 0.15) is 0 Å². The molecule has 0 aromatic carbocycles. The van der Waals surface area contributed by atoms with Gasteiger partial charge in [-0.15, -0.1) is 0 Å². The third-order valence-electron chi connectivity index (χ3n) is 1.19. The van der Waals surface area contributed by atoms with Gasteiger partial charge in [0.15, 0.2) is 8.45 Å². The highest BCUT2D eigenvalue weighted by atomic mass is 31.2. The van der Waals surface area contributed by atoms with Gasteiger partial charge in [-0.3, -0.25) is 10.2 Å². The summed E-state index contributed by atoms with van der Waals surface area (Å²) in [4.78, 5) is 0. The molecular weight excluding hydrogens is 197 g/mol. The Bertz CT molecular complexity index is 169. The minimum Gasteiger partial charge on any atom is -0.331 e. The largest absolute Gasteiger partial charge is 0.331 e. The number of hydrogen-bond donors (Lipinski definition) is 2. The van der Waals surface area contributed by atoms with Crippen LogP contribution in [-0.4, -0.2) is 18.7 Å². The van der Waals surface area contributed by atoms with E-state index >= 15 is 0 Å². The molecule has 0 aromatic rings. The standard InChI is InChI=1S/C9H20N3OP/c1-8(2)11-14(12-9(3)4)13-7-5-6-10/h8-9,11-12H,5,7H2,1-4H3. The summed E-state index contributed by atoms with van der Waals surface area (Å²) in [6.07, 6.45) is 0.443. The molecule has 4 nitrogen and oxygen atoms in total. The van der Waals surface area contributed by atoms with E-state index in [9.17, 15) is 0 Å². The van der Waals surface area contributed by atoms with Crippen molar-refractivity contribution in [2.45, 2.75) is 46.2 Å². The molecule has 0 atom stereocenters.